The second-order valence-corrected chi connectivity index (χ2v) is 4.22. The van der Waals surface area contributed by atoms with E-state index in [4.69, 9.17) is 21.1 Å². The first-order valence-corrected chi connectivity index (χ1v) is 6.24. The van der Waals surface area contributed by atoms with Crippen LogP contribution in [0.25, 0.3) is 0 Å². The maximum Gasteiger partial charge on any atom is 0.262 e. The SMILES string of the molecule is COc1ccc(NC(=O)COc2cccnc2Cl)cc1. The van der Waals surface area contributed by atoms with Crippen molar-refractivity contribution < 1.29 is 14.3 Å². The fraction of sp³-hybridized carbons (Fsp3) is 0.143. The third kappa shape index (κ3) is 3.86. The van der Waals surface area contributed by atoms with E-state index in [2.05, 4.69) is 10.3 Å². The third-order valence-corrected chi connectivity index (χ3v) is 2.74. The fourth-order valence-corrected chi connectivity index (χ4v) is 1.67. The van der Waals surface area contributed by atoms with Gasteiger partial charge in [0.15, 0.2) is 17.5 Å². The monoisotopic (exact) mass is 292 g/mol. The molecule has 0 aliphatic carbocycles. The van der Waals surface area contributed by atoms with Gasteiger partial charge in [-0.1, -0.05) is 11.6 Å². The Kier molecular flexibility index (Phi) is 4.79. The van der Waals surface area contributed by atoms with E-state index < -0.39 is 0 Å². The smallest absolute Gasteiger partial charge is 0.262 e. The minimum Gasteiger partial charge on any atom is -0.497 e. The standard InChI is InChI=1S/C14H13ClN2O3/c1-19-11-6-4-10(5-7-11)17-13(18)9-20-12-3-2-8-16-14(12)15/h2-8H,9H2,1H3,(H,17,18). The summed E-state index contributed by atoms with van der Waals surface area (Å²) >= 11 is 5.82. The third-order valence-electron chi connectivity index (χ3n) is 2.46. The van der Waals surface area contributed by atoms with Crippen LogP contribution in [0.5, 0.6) is 11.5 Å². The summed E-state index contributed by atoms with van der Waals surface area (Å²) in [5.41, 5.74) is 0.664. The van der Waals surface area contributed by atoms with Gasteiger partial charge in [-0.05, 0) is 36.4 Å². The van der Waals surface area contributed by atoms with Crippen LogP contribution < -0.4 is 14.8 Å². The molecule has 0 fully saturated rings. The highest BCUT2D eigenvalue weighted by molar-refractivity contribution is 6.30. The van der Waals surface area contributed by atoms with Gasteiger partial charge in [-0.3, -0.25) is 4.79 Å². The number of rotatable bonds is 5. The molecular formula is C14H13ClN2O3. The van der Waals surface area contributed by atoms with Crippen molar-refractivity contribution in [1.29, 1.82) is 0 Å². The summed E-state index contributed by atoms with van der Waals surface area (Å²) in [6, 6.07) is 10.3. The molecule has 2 aromatic rings. The van der Waals surface area contributed by atoms with Crippen LogP contribution in [-0.4, -0.2) is 24.6 Å². The molecule has 1 aromatic heterocycles. The van der Waals surface area contributed by atoms with Gasteiger partial charge in [-0.2, -0.15) is 0 Å². The zero-order valence-electron chi connectivity index (χ0n) is 10.8. The molecule has 6 heteroatoms. The summed E-state index contributed by atoms with van der Waals surface area (Å²) in [5.74, 6) is 0.815. The van der Waals surface area contributed by atoms with Crippen molar-refractivity contribution in [2.75, 3.05) is 19.0 Å². The molecule has 0 aliphatic rings. The van der Waals surface area contributed by atoms with Crippen molar-refractivity contribution in [3.8, 4) is 11.5 Å². The Morgan fingerprint density at radius 2 is 2.05 bits per heavy atom. The number of aromatic nitrogens is 1. The van der Waals surface area contributed by atoms with Gasteiger partial charge in [0.05, 0.1) is 7.11 Å². The van der Waals surface area contributed by atoms with Crippen molar-refractivity contribution >= 4 is 23.2 Å². The zero-order chi connectivity index (χ0) is 14.4. The summed E-state index contributed by atoms with van der Waals surface area (Å²) < 4.78 is 10.3. The highest BCUT2D eigenvalue weighted by Gasteiger charge is 2.06. The van der Waals surface area contributed by atoms with E-state index in [0.717, 1.165) is 5.75 Å². The van der Waals surface area contributed by atoms with Crippen LogP contribution in [0, 0.1) is 0 Å². The van der Waals surface area contributed by atoms with Gasteiger partial charge in [0.2, 0.25) is 0 Å². The Morgan fingerprint density at radius 3 is 2.70 bits per heavy atom. The zero-order valence-corrected chi connectivity index (χ0v) is 11.6. The molecule has 1 N–H and O–H groups in total. The molecule has 0 radical (unpaired) electrons. The number of hydrogen-bond donors (Lipinski definition) is 1. The lowest BCUT2D eigenvalue weighted by atomic mass is 10.3. The van der Waals surface area contributed by atoms with E-state index in [1.165, 1.54) is 0 Å². The summed E-state index contributed by atoms with van der Waals surface area (Å²) in [5, 5.41) is 2.93. The molecule has 1 amide bonds. The van der Waals surface area contributed by atoms with Crippen LogP contribution in [0.2, 0.25) is 5.15 Å². The van der Waals surface area contributed by atoms with Crippen molar-refractivity contribution in [3.05, 3.63) is 47.7 Å². The lowest BCUT2D eigenvalue weighted by Crippen LogP contribution is -2.20. The highest BCUT2D eigenvalue weighted by Crippen LogP contribution is 2.20. The molecule has 0 saturated carbocycles. The van der Waals surface area contributed by atoms with Crippen LogP contribution in [0.1, 0.15) is 0 Å². The second-order valence-electron chi connectivity index (χ2n) is 3.86. The molecule has 0 spiro atoms. The van der Waals surface area contributed by atoms with Gasteiger partial charge < -0.3 is 14.8 Å². The molecule has 5 nitrogen and oxygen atoms in total. The first-order chi connectivity index (χ1) is 9.69. The van der Waals surface area contributed by atoms with Crippen molar-refractivity contribution in [2.24, 2.45) is 0 Å². The van der Waals surface area contributed by atoms with Crippen molar-refractivity contribution in [2.45, 2.75) is 0 Å². The summed E-state index contributed by atoms with van der Waals surface area (Å²) in [4.78, 5) is 15.6. The van der Waals surface area contributed by atoms with Gasteiger partial charge in [0, 0.05) is 11.9 Å². The number of amides is 1. The molecule has 0 atom stereocenters. The van der Waals surface area contributed by atoms with Crippen LogP contribution in [-0.2, 0) is 4.79 Å². The molecule has 1 heterocycles. The number of nitrogens with one attached hydrogen (secondary N) is 1. The maximum atomic E-state index is 11.7. The van der Waals surface area contributed by atoms with Crippen LogP contribution in [0.15, 0.2) is 42.6 Å². The van der Waals surface area contributed by atoms with E-state index in [9.17, 15) is 4.79 Å². The second kappa shape index (κ2) is 6.77. The molecule has 2 rings (SSSR count). The van der Waals surface area contributed by atoms with E-state index >= 15 is 0 Å². The molecule has 0 saturated heterocycles. The maximum absolute atomic E-state index is 11.7. The van der Waals surface area contributed by atoms with E-state index in [-0.39, 0.29) is 17.7 Å². The molecule has 1 aromatic carbocycles. The molecular weight excluding hydrogens is 280 g/mol. The van der Waals surface area contributed by atoms with E-state index in [1.54, 1.807) is 49.7 Å². The number of carbonyl (C=O) groups is 1. The van der Waals surface area contributed by atoms with Crippen LogP contribution in [0.3, 0.4) is 0 Å². The minimum absolute atomic E-state index is 0.141. The Hall–Kier alpha value is -2.27. The molecule has 0 bridgehead atoms. The lowest BCUT2D eigenvalue weighted by molar-refractivity contribution is -0.118. The number of carbonyl (C=O) groups excluding carboxylic acids is 1. The Balaban J connectivity index is 1.87. The van der Waals surface area contributed by atoms with Gasteiger partial charge in [-0.25, -0.2) is 4.98 Å². The van der Waals surface area contributed by atoms with Gasteiger partial charge in [0.1, 0.15) is 5.75 Å². The number of methoxy groups -OCH3 is 1. The molecule has 104 valence electrons. The molecule has 20 heavy (non-hydrogen) atoms. The van der Waals surface area contributed by atoms with Crippen LogP contribution >= 0.6 is 11.6 Å². The predicted molar refractivity (Wildman–Crippen MR) is 76.4 cm³/mol. The minimum atomic E-state index is -0.282. The van der Waals surface area contributed by atoms with Crippen LogP contribution in [0.4, 0.5) is 5.69 Å². The fourth-order valence-electron chi connectivity index (χ4n) is 1.49. The normalized spacial score (nSPS) is 9.90. The number of hydrogen-bond acceptors (Lipinski definition) is 4. The van der Waals surface area contributed by atoms with Gasteiger partial charge >= 0.3 is 0 Å². The molecule has 0 unspecified atom stereocenters. The number of pyridine rings is 1. The number of benzene rings is 1. The Labute approximate surface area is 121 Å². The van der Waals surface area contributed by atoms with Crippen molar-refractivity contribution in [3.63, 3.8) is 0 Å². The topological polar surface area (TPSA) is 60.5 Å². The quantitative estimate of drug-likeness (QED) is 0.861. The molecule has 0 aliphatic heterocycles. The summed E-state index contributed by atoms with van der Waals surface area (Å²) in [6.07, 6.45) is 1.55. The van der Waals surface area contributed by atoms with E-state index in [1.807, 2.05) is 0 Å². The van der Waals surface area contributed by atoms with E-state index in [0.29, 0.717) is 11.4 Å². The number of nitrogens with zero attached hydrogens (tertiary/aromatic N) is 1. The average molecular weight is 293 g/mol. The first kappa shape index (κ1) is 14.1. The first-order valence-electron chi connectivity index (χ1n) is 5.86. The summed E-state index contributed by atoms with van der Waals surface area (Å²) in [7, 11) is 1.58. The lowest BCUT2D eigenvalue weighted by Gasteiger charge is -2.08. The van der Waals surface area contributed by atoms with Gasteiger partial charge in [-0.15, -0.1) is 0 Å². The Bertz CT molecular complexity index is 587. The number of anilines is 1. The Morgan fingerprint density at radius 1 is 1.30 bits per heavy atom. The number of ether oxygens (including phenoxy) is 2. The average Bonchev–Trinajstić information content (AvgIpc) is 2.47. The van der Waals surface area contributed by atoms with Gasteiger partial charge in [0.25, 0.3) is 5.91 Å². The summed E-state index contributed by atoms with van der Waals surface area (Å²) in [6.45, 7) is -0.141. The number of halogens is 1. The largest absolute Gasteiger partial charge is 0.497 e. The van der Waals surface area contributed by atoms with Crippen molar-refractivity contribution in [1.82, 2.24) is 4.98 Å². The highest BCUT2D eigenvalue weighted by atomic mass is 35.5. The predicted octanol–water partition coefficient (Wildman–Crippen LogP) is 2.76.